The first-order valence-electron chi connectivity index (χ1n) is 4.67. The molecule has 0 radical (unpaired) electrons. The van der Waals surface area contributed by atoms with Crippen LogP contribution in [0.3, 0.4) is 0 Å². The molecule has 1 fully saturated rings. The monoisotopic (exact) mass is 172 g/mol. The van der Waals surface area contributed by atoms with Gasteiger partial charge in [0.25, 0.3) is 0 Å². The highest BCUT2D eigenvalue weighted by atomic mass is 16.5. The predicted molar refractivity (Wildman–Crippen MR) is 50.1 cm³/mol. The van der Waals surface area contributed by atoms with E-state index in [1.807, 2.05) is 0 Å². The summed E-state index contributed by atoms with van der Waals surface area (Å²) in [5.74, 6) is 0. The van der Waals surface area contributed by atoms with Crippen LogP contribution in [0, 0.1) is 0 Å². The predicted octanol–water partition coefficient (Wildman–Crippen LogP) is 0.443. The van der Waals surface area contributed by atoms with Gasteiger partial charge < -0.3 is 10.5 Å². The number of nitrogens with zero attached hydrogens (tertiary/aromatic N) is 1. The maximum absolute atomic E-state index is 5.90. The summed E-state index contributed by atoms with van der Waals surface area (Å²) in [6.07, 6.45) is 1.28. The number of rotatable bonds is 2. The van der Waals surface area contributed by atoms with E-state index in [1.54, 1.807) is 7.11 Å². The van der Waals surface area contributed by atoms with Gasteiger partial charge in [0.15, 0.2) is 0 Å². The minimum atomic E-state index is 0.223. The number of nitrogens with two attached hydrogens (primary N) is 1. The van der Waals surface area contributed by atoms with Crippen molar-refractivity contribution in [2.75, 3.05) is 20.2 Å². The van der Waals surface area contributed by atoms with Gasteiger partial charge in [0, 0.05) is 32.3 Å². The van der Waals surface area contributed by atoms with Gasteiger partial charge in [-0.05, 0) is 20.3 Å². The number of hydrogen-bond donors (Lipinski definition) is 1. The van der Waals surface area contributed by atoms with Gasteiger partial charge in [-0.25, -0.2) is 0 Å². The third-order valence-corrected chi connectivity index (χ3v) is 2.67. The summed E-state index contributed by atoms with van der Waals surface area (Å²) < 4.78 is 5.32. The number of ether oxygens (including phenoxy) is 1. The van der Waals surface area contributed by atoms with Crippen molar-refractivity contribution in [3.8, 4) is 0 Å². The lowest BCUT2D eigenvalue weighted by molar-refractivity contribution is 0.00644. The molecule has 3 heteroatoms. The summed E-state index contributed by atoms with van der Waals surface area (Å²) >= 11 is 0. The lowest BCUT2D eigenvalue weighted by Crippen LogP contribution is -2.53. The van der Waals surface area contributed by atoms with Gasteiger partial charge in [-0.2, -0.15) is 0 Å². The maximum Gasteiger partial charge on any atom is 0.0849 e. The lowest BCUT2D eigenvalue weighted by atomic mass is 10.0. The highest BCUT2D eigenvalue weighted by Crippen LogP contribution is 2.13. The molecule has 0 aromatic heterocycles. The fourth-order valence-corrected chi connectivity index (χ4v) is 1.68. The van der Waals surface area contributed by atoms with Crippen LogP contribution in [-0.2, 0) is 4.74 Å². The number of methoxy groups -OCH3 is 1. The van der Waals surface area contributed by atoms with E-state index in [-0.39, 0.29) is 12.1 Å². The molecular weight excluding hydrogens is 152 g/mol. The molecule has 2 unspecified atom stereocenters. The molecule has 0 bridgehead atoms. The zero-order chi connectivity index (χ0) is 9.14. The Hall–Kier alpha value is -0.120. The average Bonchev–Trinajstić information content (AvgIpc) is 2.05. The first-order valence-corrected chi connectivity index (χ1v) is 4.67. The molecule has 1 heterocycles. The van der Waals surface area contributed by atoms with Crippen molar-refractivity contribution in [2.45, 2.75) is 38.5 Å². The average molecular weight is 172 g/mol. The summed E-state index contributed by atoms with van der Waals surface area (Å²) in [5, 5.41) is 0. The van der Waals surface area contributed by atoms with Crippen molar-refractivity contribution in [1.82, 2.24) is 4.90 Å². The topological polar surface area (TPSA) is 38.5 Å². The second kappa shape index (κ2) is 4.21. The Morgan fingerprint density at radius 3 is 2.67 bits per heavy atom. The zero-order valence-electron chi connectivity index (χ0n) is 8.29. The van der Waals surface area contributed by atoms with E-state index in [9.17, 15) is 0 Å². The molecule has 0 aromatic rings. The first-order chi connectivity index (χ1) is 5.65. The van der Waals surface area contributed by atoms with Crippen molar-refractivity contribution in [1.29, 1.82) is 0 Å². The molecule has 2 atom stereocenters. The Bertz CT molecular complexity index is 138. The maximum atomic E-state index is 5.90. The van der Waals surface area contributed by atoms with Crippen LogP contribution in [-0.4, -0.2) is 43.3 Å². The molecular formula is C9H20N2O. The Morgan fingerprint density at radius 1 is 1.50 bits per heavy atom. The lowest BCUT2D eigenvalue weighted by Gasteiger charge is -2.38. The van der Waals surface area contributed by atoms with Crippen LogP contribution in [0.1, 0.15) is 20.3 Å². The highest BCUT2D eigenvalue weighted by Gasteiger charge is 2.27. The van der Waals surface area contributed by atoms with Gasteiger partial charge in [0.05, 0.1) is 6.10 Å². The minimum absolute atomic E-state index is 0.223. The molecule has 0 spiro atoms. The van der Waals surface area contributed by atoms with Crippen LogP contribution in [0.4, 0.5) is 0 Å². The quantitative estimate of drug-likeness (QED) is 0.657. The Morgan fingerprint density at radius 2 is 2.17 bits per heavy atom. The van der Waals surface area contributed by atoms with Gasteiger partial charge in [-0.15, -0.1) is 0 Å². The van der Waals surface area contributed by atoms with Gasteiger partial charge in [-0.3, -0.25) is 4.90 Å². The second-order valence-corrected chi connectivity index (χ2v) is 3.82. The number of hydrogen-bond acceptors (Lipinski definition) is 3. The molecule has 1 aliphatic rings. The SMILES string of the molecule is COC1CN(C(C)C)CCC1N. The van der Waals surface area contributed by atoms with E-state index in [0.717, 1.165) is 19.5 Å². The van der Waals surface area contributed by atoms with Crippen molar-refractivity contribution in [3.63, 3.8) is 0 Å². The second-order valence-electron chi connectivity index (χ2n) is 3.82. The van der Waals surface area contributed by atoms with Crippen molar-refractivity contribution < 1.29 is 4.74 Å². The molecule has 0 saturated carbocycles. The summed E-state index contributed by atoms with van der Waals surface area (Å²) in [7, 11) is 1.74. The summed E-state index contributed by atoms with van der Waals surface area (Å²) in [6, 6.07) is 0.833. The van der Waals surface area contributed by atoms with Crippen LogP contribution >= 0.6 is 0 Å². The molecule has 12 heavy (non-hydrogen) atoms. The third kappa shape index (κ3) is 2.19. The standard InChI is InChI=1S/C9H20N2O/c1-7(2)11-5-4-8(10)9(6-11)12-3/h7-9H,4-6,10H2,1-3H3. The first kappa shape index (κ1) is 9.96. The summed E-state index contributed by atoms with van der Waals surface area (Å²) in [6.45, 7) is 6.52. The molecule has 2 N–H and O–H groups in total. The number of likely N-dealkylation sites (tertiary alicyclic amines) is 1. The smallest absolute Gasteiger partial charge is 0.0849 e. The molecule has 0 aliphatic carbocycles. The van der Waals surface area contributed by atoms with Crippen LogP contribution in [0.25, 0.3) is 0 Å². The molecule has 0 amide bonds. The van der Waals surface area contributed by atoms with Crippen molar-refractivity contribution >= 4 is 0 Å². The van der Waals surface area contributed by atoms with Gasteiger partial charge in [0.1, 0.15) is 0 Å². The van der Waals surface area contributed by atoms with E-state index in [0.29, 0.717) is 6.04 Å². The molecule has 72 valence electrons. The van der Waals surface area contributed by atoms with Crippen LogP contribution in [0.5, 0.6) is 0 Å². The molecule has 3 nitrogen and oxygen atoms in total. The van der Waals surface area contributed by atoms with E-state index < -0.39 is 0 Å². The Labute approximate surface area is 74.9 Å². The van der Waals surface area contributed by atoms with Crippen LogP contribution < -0.4 is 5.73 Å². The van der Waals surface area contributed by atoms with E-state index in [2.05, 4.69) is 18.7 Å². The molecule has 1 rings (SSSR count). The largest absolute Gasteiger partial charge is 0.379 e. The van der Waals surface area contributed by atoms with Crippen molar-refractivity contribution in [2.24, 2.45) is 5.73 Å². The van der Waals surface area contributed by atoms with E-state index in [1.165, 1.54) is 0 Å². The van der Waals surface area contributed by atoms with Crippen molar-refractivity contribution in [3.05, 3.63) is 0 Å². The summed E-state index contributed by atoms with van der Waals surface area (Å²) in [5.41, 5.74) is 5.90. The Kier molecular flexibility index (Phi) is 3.50. The fourth-order valence-electron chi connectivity index (χ4n) is 1.68. The van der Waals surface area contributed by atoms with E-state index >= 15 is 0 Å². The molecule has 0 aromatic carbocycles. The Balaban J connectivity index is 2.44. The minimum Gasteiger partial charge on any atom is -0.379 e. The third-order valence-electron chi connectivity index (χ3n) is 2.67. The highest BCUT2D eigenvalue weighted by molar-refractivity contribution is 4.84. The van der Waals surface area contributed by atoms with Crippen LogP contribution in [0.15, 0.2) is 0 Å². The zero-order valence-corrected chi connectivity index (χ0v) is 8.29. The van der Waals surface area contributed by atoms with E-state index in [4.69, 9.17) is 10.5 Å². The number of piperidine rings is 1. The van der Waals surface area contributed by atoms with Gasteiger partial charge >= 0.3 is 0 Å². The van der Waals surface area contributed by atoms with Crippen LogP contribution in [0.2, 0.25) is 0 Å². The fraction of sp³-hybridized carbons (Fsp3) is 1.00. The summed E-state index contributed by atoms with van der Waals surface area (Å²) in [4.78, 5) is 2.41. The normalized spacial score (nSPS) is 32.8. The molecule has 1 aliphatic heterocycles. The molecule has 1 saturated heterocycles. The van der Waals surface area contributed by atoms with Gasteiger partial charge in [-0.1, -0.05) is 0 Å². The van der Waals surface area contributed by atoms with Gasteiger partial charge in [0.2, 0.25) is 0 Å².